The highest BCUT2D eigenvalue weighted by atomic mass is 19.1. The first-order valence-electron chi connectivity index (χ1n) is 8.58. The lowest BCUT2D eigenvalue weighted by Crippen LogP contribution is -2.43. The minimum atomic E-state index is -0.297. The molecule has 25 heavy (non-hydrogen) atoms. The Hall–Kier alpha value is -2.15. The molecule has 0 bridgehead atoms. The highest BCUT2D eigenvalue weighted by Crippen LogP contribution is 2.16. The van der Waals surface area contributed by atoms with E-state index in [9.17, 15) is 9.18 Å². The van der Waals surface area contributed by atoms with Crippen LogP contribution in [0.4, 0.5) is 4.39 Å². The van der Waals surface area contributed by atoms with Gasteiger partial charge in [0.25, 0.3) is 0 Å². The molecule has 1 aliphatic rings. The molecule has 0 saturated carbocycles. The molecule has 0 radical (unpaired) electrons. The number of ether oxygens (including phenoxy) is 1. The molecule has 1 fully saturated rings. The van der Waals surface area contributed by atoms with Crippen LogP contribution in [0.25, 0.3) is 0 Å². The van der Waals surface area contributed by atoms with Crippen LogP contribution in [0.3, 0.4) is 0 Å². The first kappa shape index (κ1) is 19.2. The van der Waals surface area contributed by atoms with Gasteiger partial charge in [-0.15, -0.1) is 0 Å². The maximum Gasteiger partial charge on any atom is 0.224 e. The van der Waals surface area contributed by atoms with Crippen molar-refractivity contribution in [2.24, 2.45) is 10.9 Å². The fourth-order valence-corrected chi connectivity index (χ4v) is 2.96. The minimum Gasteiger partial charge on any atom is -0.384 e. The number of hydrogen-bond acceptors (Lipinski definition) is 3. The van der Waals surface area contributed by atoms with Crippen molar-refractivity contribution in [1.29, 1.82) is 0 Å². The Morgan fingerprint density at radius 3 is 2.72 bits per heavy atom. The molecular weight excluding hydrogens is 323 g/mol. The van der Waals surface area contributed by atoms with Gasteiger partial charge in [0.2, 0.25) is 5.91 Å². The zero-order valence-electron chi connectivity index (χ0n) is 14.9. The third kappa shape index (κ3) is 6.34. The highest BCUT2D eigenvalue weighted by molar-refractivity contribution is 5.80. The summed E-state index contributed by atoms with van der Waals surface area (Å²) in [5.41, 5.74) is 0.795. The highest BCUT2D eigenvalue weighted by Gasteiger charge is 2.24. The third-order valence-electron chi connectivity index (χ3n) is 4.21. The van der Waals surface area contributed by atoms with E-state index < -0.39 is 0 Å². The summed E-state index contributed by atoms with van der Waals surface area (Å²) in [6.07, 6.45) is 1.35. The molecule has 2 rings (SSSR count). The Labute approximate surface area is 148 Å². The molecule has 0 aliphatic carbocycles. The van der Waals surface area contributed by atoms with Gasteiger partial charge in [0.05, 0.1) is 13.0 Å². The number of halogens is 1. The van der Waals surface area contributed by atoms with E-state index in [2.05, 4.69) is 20.5 Å². The summed E-state index contributed by atoms with van der Waals surface area (Å²) in [6, 6.07) is 5.97. The number of benzene rings is 1. The SMILES string of the molecule is CN=C(NCCNC(=O)Cc1ccc(F)cc1)N1CCC(COC)C1. The van der Waals surface area contributed by atoms with E-state index in [0.717, 1.165) is 37.6 Å². The topological polar surface area (TPSA) is 66.0 Å². The van der Waals surface area contributed by atoms with Crippen LogP contribution in [0.5, 0.6) is 0 Å². The summed E-state index contributed by atoms with van der Waals surface area (Å²) in [6.45, 7) is 3.78. The molecule has 1 unspecified atom stereocenters. The second kappa shape index (κ2) is 9.98. The van der Waals surface area contributed by atoms with Crippen LogP contribution in [-0.4, -0.2) is 63.7 Å². The quantitative estimate of drug-likeness (QED) is 0.438. The Bertz CT molecular complexity index is 577. The molecule has 1 aromatic carbocycles. The van der Waals surface area contributed by atoms with Gasteiger partial charge in [-0.3, -0.25) is 9.79 Å². The average Bonchev–Trinajstić information content (AvgIpc) is 3.06. The number of guanidine groups is 1. The number of rotatable bonds is 7. The van der Waals surface area contributed by atoms with Gasteiger partial charge in [-0.1, -0.05) is 12.1 Å². The van der Waals surface area contributed by atoms with Gasteiger partial charge in [-0.05, 0) is 24.1 Å². The van der Waals surface area contributed by atoms with Gasteiger partial charge < -0.3 is 20.3 Å². The van der Waals surface area contributed by atoms with E-state index in [1.54, 1.807) is 26.3 Å². The Kier molecular flexibility index (Phi) is 7.66. The molecule has 0 spiro atoms. The molecule has 0 aromatic heterocycles. The molecule has 7 heteroatoms. The zero-order chi connectivity index (χ0) is 18.1. The summed E-state index contributed by atoms with van der Waals surface area (Å²) in [4.78, 5) is 18.4. The zero-order valence-corrected chi connectivity index (χ0v) is 14.9. The van der Waals surface area contributed by atoms with Crippen molar-refractivity contribution in [1.82, 2.24) is 15.5 Å². The molecule has 1 heterocycles. The summed E-state index contributed by atoms with van der Waals surface area (Å²) < 4.78 is 18.1. The average molecular weight is 350 g/mol. The number of likely N-dealkylation sites (tertiary alicyclic amines) is 1. The molecule has 1 atom stereocenters. The standard InChI is InChI=1S/C18H27FN4O2/c1-20-18(23-10-7-15(12-23)13-25-2)22-9-8-21-17(24)11-14-3-5-16(19)6-4-14/h3-6,15H,7-13H2,1-2H3,(H,20,22)(H,21,24). The van der Waals surface area contributed by atoms with Crippen LogP contribution < -0.4 is 10.6 Å². The number of hydrogen-bond donors (Lipinski definition) is 2. The van der Waals surface area contributed by atoms with Gasteiger partial charge in [0.15, 0.2) is 5.96 Å². The lowest BCUT2D eigenvalue weighted by atomic mass is 10.1. The van der Waals surface area contributed by atoms with E-state index in [-0.39, 0.29) is 18.1 Å². The molecule has 1 saturated heterocycles. The first-order chi connectivity index (χ1) is 12.1. The van der Waals surface area contributed by atoms with Crippen LogP contribution in [-0.2, 0) is 16.0 Å². The van der Waals surface area contributed by atoms with Crippen molar-refractivity contribution in [3.63, 3.8) is 0 Å². The second-order valence-corrected chi connectivity index (χ2v) is 6.18. The maximum atomic E-state index is 12.8. The fourth-order valence-electron chi connectivity index (χ4n) is 2.96. The van der Waals surface area contributed by atoms with Gasteiger partial charge in [-0.2, -0.15) is 0 Å². The summed E-state index contributed by atoms with van der Waals surface area (Å²) in [5.74, 6) is 1.02. The van der Waals surface area contributed by atoms with Crippen LogP contribution in [0.1, 0.15) is 12.0 Å². The Balaban J connectivity index is 1.65. The summed E-state index contributed by atoms with van der Waals surface area (Å²) in [7, 11) is 3.49. The molecule has 2 N–H and O–H groups in total. The van der Waals surface area contributed by atoms with Crippen LogP contribution >= 0.6 is 0 Å². The van der Waals surface area contributed by atoms with Crippen molar-refractivity contribution >= 4 is 11.9 Å². The van der Waals surface area contributed by atoms with Crippen LogP contribution in [0.2, 0.25) is 0 Å². The summed E-state index contributed by atoms with van der Waals surface area (Å²) in [5, 5.41) is 6.13. The predicted octanol–water partition coefficient (Wildman–Crippen LogP) is 1.03. The van der Waals surface area contributed by atoms with Gasteiger partial charge in [0.1, 0.15) is 5.82 Å². The third-order valence-corrected chi connectivity index (χ3v) is 4.21. The van der Waals surface area contributed by atoms with E-state index in [0.29, 0.717) is 19.0 Å². The monoisotopic (exact) mass is 350 g/mol. The molecule has 1 aromatic rings. The van der Waals surface area contributed by atoms with Gasteiger partial charge in [0, 0.05) is 46.3 Å². The maximum absolute atomic E-state index is 12.8. The van der Waals surface area contributed by atoms with Crippen molar-refractivity contribution < 1.29 is 13.9 Å². The number of nitrogens with one attached hydrogen (secondary N) is 2. The van der Waals surface area contributed by atoms with Gasteiger partial charge in [-0.25, -0.2) is 4.39 Å². The Morgan fingerprint density at radius 2 is 2.04 bits per heavy atom. The molecule has 6 nitrogen and oxygen atoms in total. The number of carbonyl (C=O) groups is 1. The van der Waals surface area contributed by atoms with Crippen LogP contribution in [0.15, 0.2) is 29.3 Å². The molecule has 1 amide bonds. The van der Waals surface area contributed by atoms with Crippen molar-refractivity contribution in [2.75, 3.05) is 46.9 Å². The van der Waals surface area contributed by atoms with Crippen molar-refractivity contribution in [2.45, 2.75) is 12.8 Å². The number of aliphatic imine (C=N–C) groups is 1. The lowest BCUT2D eigenvalue weighted by Gasteiger charge is -2.21. The normalized spacial score (nSPS) is 17.6. The predicted molar refractivity (Wildman–Crippen MR) is 96.0 cm³/mol. The molecule has 138 valence electrons. The van der Waals surface area contributed by atoms with E-state index >= 15 is 0 Å². The first-order valence-corrected chi connectivity index (χ1v) is 8.58. The Morgan fingerprint density at radius 1 is 1.32 bits per heavy atom. The lowest BCUT2D eigenvalue weighted by molar-refractivity contribution is -0.120. The number of methoxy groups -OCH3 is 1. The fraction of sp³-hybridized carbons (Fsp3) is 0.556. The van der Waals surface area contributed by atoms with Crippen molar-refractivity contribution in [3.05, 3.63) is 35.6 Å². The van der Waals surface area contributed by atoms with Crippen LogP contribution in [0, 0.1) is 11.7 Å². The number of carbonyl (C=O) groups excluding carboxylic acids is 1. The second-order valence-electron chi connectivity index (χ2n) is 6.18. The van der Waals surface area contributed by atoms with E-state index in [1.807, 2.05) is 0 Å². The number of amides is 1. The molecule has 1 aliphatic heterocycles. The smallest absolute Gasteiger partial charge is 0.224 e. The largest absolute Gasteiger partial charge is 0.384 e. The van der Waals surface area contributed by atoms with E-state index in [4.69, 9.17) is 4.74 Å². The van der Waals surface area contributed by atoms with E-state index in [1.165, 1.54) is 12.1 Å². The minimum absolute atomic E-state index is 0.0790. The summed E-state index contributed by atoms with van der Waals surface area (Å²) >= 11 is 0. The molecular formula is C18H27FN4O2. The van der Waals surface area contributed by atoms with Crippen molar-refractivity contribution in [3.8, 4) is 0 Å². The van der Waals surface area contributed by atoms with Gasteiger partial charge >= 0.3 is 0 Å². The number of nitrogens with zero attached hydrogens (tertiary/aromatic N) is 2.